The lowest BCUT2D eigenvalue weighted by Gasteiger charge is -2.22. The van der Waals surface area contributed by atoms with E-state index in [1.807, 2.05) is 0 Å². The number of nitrogens with two attached hydrogens (primary N) is 1. The largest absolute Gasteiger partial charge is 0.494 e. The number of hydrogen-bond donors (Lipinski definition) is 4. The normalized spacial score (nSPS) is 11.5. The molecule has 4 rings (SSSR count). The lowest BCUT2D eigenvalue weighted by Crippen LogP contribution is -2.19. The first-order valence-corrected chi connectivity index (χ1v) is 12.3. The molecular weight excluding hydrogens is 542 g/mol. The average Bonchev–Trinajstić information content (AvgIpc) is 3.33. The minimum Gasteiger partial charge on any atom is -0.494 e. The van der Waals surface area contributed by atoms with Crippen LogP contribution >= 0.6 is 0 Å². The summed E-state index contributed by atoms with van der Waals surface area (Å²) < 4.78 is 45.8. The van der Waals surface area contributed by atoms with Gasteiger partial charge in [0.2, 0.25) is 0 Å². The summed E-state index contributed by atoms with van der Waals surface area (Å²) in [5.74, 6) is -2.06. The minimum atomic E-state index is -1.21. The number of carbonyl (C=O) groups is 1. The van der Waals surface area contributed by atoms with Gasteiger partial charge in [0, 0.05) is 42.7 Å². The number of benzene rings is 2. The van der Waals surface area contributed by atoms with E-state index in [9.17, 15) is 14.0 Å². The van der Waals surface area contributed by atoms with Gasteiger partial charge in [-0.15, -0.1) is 9.78 Å². The highest BCUT2D eigenvalue weighted by Gasteiger charge is 2.27. The van der Waals surface area contributed by atoms with Gasteiger partial charge in [0.05, 0.1) is 12.2 Å². The quantitative estimate of drug-likeness (QED) is 0.0858. The van der Waals surface area contributed by atoms with E-state index in [1.165, 1.54) is 49.6 Å². The smallest absolute Gasteiger partial charge is 0.350 e. The van der Waals surface area contributed by atoms with E-state index in [0.29, 0.717) is 0 Å². The molecule has 0 fully saturated rings. The van der Waals surface area contributed by atoms with Crippen molar-refractivity contribution < 1.29 is 27.8 Å². The van der Waals surface area contributed by atoms with E-state index in [1.54, 1.807) is 13.0 Å². The van der Waals surface area contributed by atoms with Gasteiger partial charge in [-0.3, -0.25) is 15.2 Å². The number of aromatic amines is 1. The standard InChI is InChI=1S/C26H26F2N8O5/c1-3-39-16-12-18(21(28)20(13-16)40-10-7-27)22(24-34-26(38)36(35-24)25-31-8-4-9-32-25)33-15-5-6-17(23(29)30)19(11-15)41-14(2)37/h4-6,8-9,11-13,22,33H,3,7,10H2,1-2H3,(H3,29,30)(H,34,35,38)/t22-/m0/s1. The van der Waals surface area contributed by atoms with E-state index in [-0.39, 0.29) is 58.3 Å². The predicted octanol–water partition coefficient (Wildman–Crippen LogP) is 2.65. The number of halogens is 2. The van der Waals surface area contributed by atoms with E-state index in [2.05, 4.69) is 25.4 Å². The van der Waals surface area contributed by atoms with Crippen molar-refractivity contribution in [2.75, 3.05) is 25.2 Å². The molecule has 0 radical (unpaired) electrons. The van der Waals surface area contributed by atoms with Crippen molar-refractivity contribution in [2.45, 2.75) is 19.9 Å². The van der Waals surface area contributed by atoms with Gasteiger partial charge in [0.15, 0.2) is 17.4 Å². The predicted molar refractivity (Wildman–Crippen MR) is 143 cm³/mol. The number of anilines is 1. The van der Waals surface area contributed by atoms with E-state index in [0.717, 1.165) is 4.68 Å². The lowest BCUT2D eigenvalue weighted by atomic mass is 10.0. The number of H-pyrrole nitrogens is 1. The van der Waals surface area contributed by atoms with Crippen LogP contribution in [-0.2, 0) is 4.79 Å². The van der Waals surface area contributed by atoms with Gasteiger partial charge >= 0.3 is 11.7 Å². The zero-order chi connectivity index (χ0) is 29.5. The molecule has 0 aliphatic rings. The number of esters is 1. The van der Waals surface area contributed by atoms with Gasteiger partial charge in [-0.2, -0.15) is 0 Å². The highest BCUT2D eigenvalue weighted by molar-refractivity contribution is 5.98. The third-order valence-electron chi connectivity index (χ3n) is 5.48. The molecule has 2 aromatic carbocycles. The van der Waals surface area contributed by atoms with Crippen molar-refractivity contribution in [2.24, 2.45) is 5.73 Å². The maximum Gasteiger partial charge on any atom is 0.350 e. The fourth-order valence-corrected chi connectivity index (χ4v) is 3.85. The number of carbonyl (C=O) groups excluding carboxylic acids is 1. The first-order valence-electron chi connectivity index (χ1n) is 12.3. The van der Waals surface area contributed by atoms with Crippen molar-refractivity contribution in [1.82, 2.24) is 24.7 Å². The second-order valence-electron chi connectivity index (χ2n) is 8.37. The second kappa shape index (κ2) is 12.7. The third kappa shape index (κ3) is 6.63. The first-order chi connectivity index (χ1) is 19.7. The first kappa shape index (κ1) is 28.7. The van der Waals surface area contributed by atoms with Crippen LogP contribution in [0.2, 0.25) is 0 Å². The van der Waals surface area contributed by atoms with Crippen LogP contribution in [0.1, 0.15) is 36.8 Å². The topological polar surface area (TPSA) is 183 Å². The molecule has 0 saturated heterocycles. The third-order valence-corrected chi connectivity index (χ3v) is 5.48. The van der Waals surface area contributed by atoms with Crippen LogP contribution in [0, 0.1) is 11.2 Å². The van der Waals surface area contributed by atoms with E-state index in [4.69, 9.17) is 25.4 Å². The highest BCUT2D eigenvalue weighted by Crippen LogP contribution is 2.36. The SMILES string of the molecule is CCOc1cc(OCCF)c(F)c([C@H](Nc2ccc(C(=N)N)c(OC(C)=O)c2)c2nn(-c3ncccn3)c(=O)[nH]2)c1. The summed E-state index contributed by atoms with van der Waals surface area (Å²) in [6.07, 6.45) is 2.84. The molecule has 2 aromatic heterocycles. The Kier molecular flexibility index (Phi) is 8.86. The van der Waals surface area contributed by atoms with Crippen LogP contribution in [0.4, 0.5) is 14.5 Å². The summed E-state index contributed by atoms with van der Waals surface area (Å²) in [6.45, 7) is 1.89. The zero-order valence-electron chi connectivity index (χ0n) is 22.0. The number of nitrogens with zero attached hydrogens (tertiary/aromatic N) is 4. The fourth-order valence-electron chi connectivity index (χ4n) is 3.85. The maximum absolute atomic E-state index is 15.9. The van der Waals surface area contributed by atoms with Crippen molar-refractivity contribution in [1.29, 1.82) is 5.41 Å². The number of rotatable bonds is 12. The maximum atomic E-state index is 15.9. The van der Waals surface area contributed by atoms with Crippen LogP contribution in [0.3, 0.4) is 0 Å². The molecule has 2 heterocycles. The summed E-state index contributed by atoms with van der Waals surface area (Å²) in [5, 5.41) is 15.1. The van der Waals surface area contributed by atoms with Gasteiger partial charge in [0.1, 0.15) is 36.7 Å². The molecule has 0 unspecified atom stereocenters. The summed E-state index contributed by atoms with van der Waals surface area (Å²) in [7, 11) is 0. The summed E-state index contributed by atoms with van der Waals surface area (Å²) >= 11 is 0. The summed E-state index contributed by atoms with van der Waals surface area (Å²) in [4.78, 5) is 35.2. The molecule has 0 bridgehead atoms. The fraction of sp³-hybridized carbons (Fsp3) is 0.231. The van der Waals surface area contributed by atoms with Gasteiger partial charge in [-0.05, 0) is 31.2 Å². The molecular formula is C26H26F2N8O5. The Morgan fingerprint density at radius 2 is 1.95 bits per heavy atom. The Morgan fingerprint density at radius 3 is 2.61 bits per heavy atom. The van der Waals surface area contributed by atoms with Crippen molar-refractivity contribution in [3.63, 3.8) is 0 Å². The zero-order valence-corrected chi connectivity index (χ0v) is 22.0. The van der Waals surface area contributed by atoms with Crippen LogP contribution in [0.25, 0.3) is 5.95 Å². The van der Waals surface area contributed by atoms with Crippen molar-refractivity contribution in [3.05, 3.63) is 82.0 Å². The minimum absolute atomic E-state index is 0.0269. The number of hydrogen-bond acceptors (Lipinski definition) is 10. The molecule has 41 heavy (non-hydrogen) atoms. The van der Waals surface area contributed by atoms with Crippen LogP contribution in [-0.4, -0.2) is 56.4 Å². The molecule has 0 aliphatic heterocycles. The monoisotopic (exact) mass is 568 g/mol. The van der Waals surface area contributed by atoms with Crippen LogP contribution < -0.4 is 31.0 Å². The second-order valence-corrected chi connectivity index (χ2v) is 8.37. The molecule has 0 spiro atoms. The number of ether oxygens (including phenoxy) is 3. The van der Waals surface area contributed by atoms with E-state index < -0.39 is 36.8 Å². The molecule has 0 aliphatic carbocycles. The molecule has 1 atom stereocenters. The van der Waals surface area contributed by atoms with Gasteiger partial charge in [-0.25, -0.2) is 23.5 Å². The average molecular weight is 569 g/mol. The van der Waals surface area contributed by atoms with E-state index >= 15 is 4.39 Å². The Balaban J connectivity index is 1.89. The number of aromatic nitrogens is 5. The summed E-state index contributed by atoms with van der Waals surface area (Å²) in [6, 6.07) is 7.34. The molecule has 0 saturated carbocycles. The Labute approximate surface area is 231 Å². The van der Waals surface area contributed by atoms with Crippen molar-refractivity contribution >= 4 is 17.5 Å². The molecule has 15 heteroatoms. The number of alkyl halides is 1. The number of nitrogen functional groups attached to an aromatic ring is 1. The van der Waals surface area contributed by atoms with Gasteiger partial charge < -0.3 is 25.3 Å². The Bertz CT molecular complexity index is 1610. The summed E-state index contributed by atoms with van der Waals surface area (Å²) in [5.41, 5.74) is 5.26. The van der Waals surface area contributed by atoms with Crippen LogP contribution in [0.5, 0.6) is 17.2 Å². The Morgan fingerprint density at radius 1 is 1.20 bits per heavy atom. The molecule has 5 N–H and O–H groups in total. The highest BCUT2D eigenvalue weighted by atomic mass is 19.1. The lowest BCUT2D eigenvalue weighted by molar-refractivity contribution is -0.131. The molecule has 4 aromatic rings. The Hall–Kier alpha value is -5.34. The number of nitrogens with one attached hydrogen (secondary N) is 3. The van der Waals surface area contributed by atoms with Crippen molar-refractivity contribution in [3.8, 4) is 23.2 Å². The molecule has 13 nitrogen and oxygen atoms in total. The van der Waals surface area contributed by atoms with Crippen LogP contribution in [0.15, 0.2) is 53.6 Å². The van der Waals surface area contributed by atoms with Gasteiger partial charge in [0.25, 0.3) is 5.95 Å². The molecule has 214 valence electrons. The van der Waals surface area contributed by atoms with Gasteiger partial charge in [-0.1, -0.05) is 0 Å². The molecule has 0 amide bonds. The number of amidine groups is 1.